The molecule has 0 aromatic rings. The van der Waals surface area contributed by atoms with Crippen LogP contribution in [0.5, 0.6) is 0 Å². The predicted octanol–water partition coefficient (Wildman–Crippen LogP) is 0.476. The maximum absolute atomic E-state index is 11.5. The topological polar surface area (TPSA) is 43.8 Å². The van der Waals surface area contributed by atoms with Crippen LogP contribution in [-0.4, -0.2) is 59.1 Å². The molecule has 0 radical (unpaired) electrons. The summed E-state index contributed by atoms with van der Waals surface area (Å²) in [6.45, 7) is 10.3. The number of carbonyl (C=O) groups excluding carboxylic acids is 1. The molecule has 0 bridgehead atoms. The molecule has 4 nitrogen and oxygen atoms in total. The first-order valence-corrected chi connectivity index (χ1v) is 5.88. The smallest absolute Gasteiger partial charge is 0.246 e. The van der Waals surface area contributed by atoms with Gasteiger partial charge in [0.05, 0.1) is 0 Å². The lowest BCUT2D eigenvalue weighted by atomic mass is 10.1. The van der Waals surface area contributed by atoms with Crippen LogP contribution in [0.25, 0.3) is 0 Å². The second-order valence-corrected chi connectivity index (χ2v) is 4.49. The third kappa shape index (κ3) is 3.06. The Morgan fingerprint density at radius 2 is 2.25 bits per heavy atom. The molecule has 1 aliphatic rings. The van der Waals surface area contributed by atoms with Crippen LogP contribution in [0.1, 0.15) is 20.3 Å². The van der Waals surface area contributed by atoms with Gasteiger partial charge in [-0.3, -0.25) is 9.69 Å². The summed E-state index contributed by atoms with van der Waals surface area (Å²) in [7, 11) is 0. The molecule has 1 unspecified atom stereocenters. The Morgan fingerprint density at radius 3 is 2.75 bits per heavy atom. The van der Waals surface area contributed by atoms with Crippen LogP contribution in [0.4, 0.5) is 0 Å². The van der Waals surface area contributed by atoms with E-state index in [9.17, 15) is 4.79 Å². The highest BCUT2D eigenvalue weighted by molar-refractivity contribution is 5.87. The number of hydrogen-bond donors (Lipinski definition) is 1. The molecule has 1 fully saturated rings. The van der Waals surface area contributed by atoms with Crippen LogP contribution < -0.4 is 0 Å². The van der Waals surface area contributed by atoms with Crippen molar-refractivity contribution in [3.8, 4) is 0 Å². The van der Waals surface area contributed by atoms with Crippen LogP contribution in [0.15, 0.2) is 12.7 Å². The molecule has 4 heteroatoms. The van der Waals surface area contributed by atoms with Crippen molar-refractivity contribution in [2.75, 3.05) is 26.2 Å². The maximum atomic E-state index is 11.5. The number of aliphatic hydroxyl groups excluding tert-OH is 1. The first-order chi connectivity index (χ1) is 7.60. The van der Waals surface area contributed by atoms with Gasteiger partial charge in [-0.1, -0.05) is 6.58 Å². The standard InChI is InChI=1S/C12H22N2O2/c1-4-12(16)13-6-7-14(10(2)3)11(9-13)5-8-15/h4,10-11,15H,1,5-9H2,2-3H3. The van der Waals surface area contributed by atoms with Crippen molar-refractivity contribution in [1.29, 1.82) is 0 Å². The summed E-state index contributed by atoms with van der Waals surface area (Å²) < 4.78 is 0. The summed E-state index contributed by atoms with van der Waals surface area (Å²) in [4.78, 5) is 15.7. The van der Waals surface area contributed by atoms with Gasteiger partial charge < -0.3 is 10.0 Å². The quantitative estimate of drug-likeness (QED) is 0.709. The average molecular weight is 226 g/mol. The van der Waals surface area contributed by atoms with Gasteiger partial charge in [-0.15, -0.1) is 0 Å². The Morgan fingerprint density at radius 1 is 1.56 bits per heavy atom. The Hall–Kier alpha value is -0.870. The summed E-state index contributed by atoms with van der Waals surface area (Å²) >= 11 is 0. The zero-order valence-corrected chi connectivity index (χ0v) is 10.2. The zero-order chi connectivity index (χ0) is 12.1. The van der Waals surface area contributed by atoms with Crippen molar-refractivity contribution in [3.63, 3.8) is 0 Å². The van der Waals surface area contributed by atoms with Gasteiger partial charge in [-0.25, -0.2) is 0 Å². The van der Waals surface area contributed by atoms with E-state index in [0.29, 0.717) is 12.6 Å². The minimum absolute atomic E-state index is 0.00801. The van der Waals surface area contributed by atoms with E-state index in [-0.39, 0.29) is 18.6 Å². The molecule has 0 aromatic heterocycles. The fourth-order valence-electron chi connectivity index (χ4n) is 2.28. The first kappa shape index (κ1) is 13.2. The molecule has 1 saturated heterocycles. The molecular formula is C12H22N2O2. The maximum Gasteiger partial charge on any atom is 0.246 e. The van der Waals surface area contributed by atoms with Gasteiger partial charge in [0.2, 0.25) is 5.91 Å². The first-order valence-electron chi connectivity index (χ1n) is 5.88. The van der Waals surface area contributed by atoms with E-state index < -0.39 is 0 Å². The lowest BCUT2D eigenvalue weighted by Crippen LogP contribution is -2.56. The van der Waals surface area contributed by atoms with Crippen molar-refractivity contribution in [2.24, 2.45) is 0 Å². The Balaban J connectivity index is 2.64. The van der Waals surface area contributed by atoms with Crippen molar-refractivity contribution < 1.29 is 9.90 Å². The van der Waals surface area contributed by atoms with Crippen molar-refractivity contribution in [3.05, 3.63) is 12.7 Å². The van der Waals surface area contributed by atoms with E-state index in [0.717, 1.165) is 19.5 Å². The van der Waals surface area contributed by atoms with Gasteiger partial charge in [-0.05, 0) is 26.3 Å². The number of nitrogens with zero attached hydrogens (tertiary/aromatic N) is 2. The van der Waals surface area contributed by atoms with Crippen molar-refractivity contribution >= 4 is 5.91 Å². The Bertz CT molecular complexity index is 253. The fourth-order valence-corrected chi connectivity index (χ4v) is 2.28. The van der Waals surface area contributed by atoms with E-state index in [1.807, 2.05) is 4.90 Å². The number of carbonyl (C=O) groups is 1. The molecule has 0 aromatic carbocycles. The number of amides is 1. The molecule has 0 saturated carbocycles. The van der Waals surface area contributed by atoms with Gasteiger partial charge in [0.15, 0.2) is 0 Å². The molecular weight excluding hydrogens is 204 g/mol. The summed E-state index contributed by atoms with van der Waals surface area (Å²) in [6, 6.07) is 0.722. The third-order valence-electron chi connectivity index (χ3n) is 3.14. The molecule has 1 aliphatic heterocycles. The summed E-state index contributed by atoms with van der Waals surface area (Å²) in [5.74, 6) is -0.00801. The normalized spacial score (nSPS) is 22.5. The third-order valence-corrected chi connectivity index (χ3v) is 3.14. The van der Waals surface area contributed by atoms with E-state index in [1.54, 1.807) is 0 Å². The summed E-state index contributed by atoms with van der Waals surface area (Å²) in [6.07, 6.45) is 2.08. The number of hydrogen-bond acceptors (Lipinski definition) is 3. The Labute approximate surface area is 97.5 Å². The highest BCUT2D eigenvalue weighted by Crippen LogP contribution is 2.16. The number of rotatable bonds is 4. The SMILES string of the molecule is C=CC(=O)N1CCN(C(C)C)C(CCO)C1. The van der Waals surface area contributed by atoms with Gasteiger partial charge in [0, 0.05) is 38.3 Å². The fraction of sp³-hybridized carbons (Fsp3) is 0.750. The lowest BCUT2D eigenvalue weighted by Gasteiger charge is -2.43. The van der Waals surface area contributed by atoms with Crippen molar-refractivity contribution in [2.45, 2.75) is 32.4 Å². The molecule has 1 rings (SSSR count). The lowest BCUT2D eigenvalue weighted by molar-refractivity contribution is -0.129. The molecule has 92 valence electrons. The minimum Gasteiger partial charge on any atom is -0.396 e. The van der Waals surface area contributed by atoms with Crippen LogP contribution in [0, 0.1) is 0 Å². The highest BCUT2D eigenvalue weighted by atomic mass is 16.3. The second kappa shape index (κ2) is 6.01. The van der Waals surface area contributed by atoms with E-state index in [4.69, 9.17) is 5.11 Å². The molecule has 1 amide bonds. The van der Waals surface area contributed by atoms with Crippen LogP contribution in [-0.2, 0) is 4.79 Å². The van der Waals surface area contributed by atoms with Gasteiger partial charge in [0.25, 0.3) is 0 Å². The molecule has 1 N–H and O–H groups in total. The highest BCUT2D eigenvalue weighted by Gasteiger charge is 2.29. The predicted molar refractivity (Wildman–Crippen MR) is 64.1 cm³/mol. The van der Waals surface area contributed by atoms with E-state index in [1.165, 1.54) is 6.08 Å². The molecule has 0 aliphatic carbocycles. The molecule has 0 spiro atoms. The summed E-state index contributed by atoms with van der Waals surface area (Å²) in [5.41, 5.74) is 0. The minimum atomic E-state index is -0.00801. The van der Waals surface area contributed by atoms with Crippen molar-refractivity contribution in [1.82, 2.24) is 9.80 Å². The van der Waals surface area contributed by atoms with E-state index in [2.05, 4.69) is 25.3 Å². The van der Waals surface area contributed by atoms with Gasteiger partial charge >= 0.3 is 0 Å². The van der Waals surface area contributed by atoms with Gasteiger partial charge in [0.1, 0.15) is 0 Å². The monoisotopic (exact) mass is 226 g/mol. The second-order valence-electron chi connectivity index (χ2n) is 4.49. The van der Waals surface area contributed by atoms with Crippen LogP contribution in [0.3, 0.4) is 0 Å². The van der Waals surface area contributed by atoms with E-state index >= 15 is 0 Å². The average Bonchev–Trinajstić information content (AvgIpc) is 2.28. The van der Waals surface area contributed by atoms with Crippen LogP contribution in [0.2, 0.25) is 0 Å². The number of aliphatic hydroxyl groups is 1. The molecule has 1 atom stereocenters. The number of piperazine rings is 1. The molecule has 16 heavy (non-hydrogen) atoms. The van der Waals surface area contributed by atoms with Crippen LogP contribution >= 0.6 is 0 Å². The summed E-state index contributed by atoms with van der Waals surface area (Å²) in [5, 5.41) is 9.05. The largest absolute Gasteiger partial charge is 0.396 e. The zero-order valence-electron chi connectivity index (χ0n) is 10.2. The Kier molecular flexibility index (Phi) is 4.96. The molecule has 1 heterocycles. The van der Waals surface area contributed by atoms with Gasteiger partial charge in [-0.2, -0.15) is 0 Å².